The zero-order chi connectivity index (χ0) is 20.9. The Morgan fingerprint density at radius 3 is 1.97 bits per heavy atom. The summed E-state index contributed by atoms with van der Waals surface area (Å²) >= 11 is 0. The molecule has 29 heavy (non-hydrogen) atoms. The van der Waals surface area contributed by atoms with E-state index in [0.717, 1.165) is 5.69 Å². The molecule has 4 nitrogen and oxygen atoms in total. The van der Waals surface area contributed by atoms with E-state index < -0.39 is 0 Å². The predicted octanol–water partition coefficient (Wildman–Crippen LogP) is 5.23. The minimum Gasteiger partial charge on any atom is -0.484 e. The van der Waals surface area contributed by atoms with Crippen molar-refractivity contribution in [2.45, 2.75) is 26.2 Å². The first-order chi connectivity index (χ1) is 13.8. The van der Waals surface area contributed by atoms with E-state index in [-0.39, 0.29) is 23.7 Å². The summed E-state index contributed by atoms with van der Waals surface area (Å²) in [6.07, 6.45) is 0. The molecule has 3 aromatic rings. The van der Waals surface area contributed by atoms with E-state index >= 15 is 0 Å². The summed E-state index contributed by atoms with van der Waals surface area (Å²) < 4.78 is 5.54. The molecule has 0 heterocycles. The third kappa shape index (κ3) is 5.55. The van der Waals surface area contributed by atoms with Crippen LogP contribution < -0.4 is 10.1 Å². The average molecular weight is 387 g/mol. The molecular formula is C25H25NO3. The normalized spacial score (nSPS) is 11.0. The summed E-state index contributed by atoms with van der Waals surface area (Å²) in [6, 6.07) is 23.7. The highest BCUT2D eigenvalue weighted by molar-refractivity contribution is 6.09. The van der Waals surface area contributed by atoms with Crippen molar-refractivity contribution in [3.63, 3.8) is 0 Å². The maximum absolute atomic E-state index is 12.4. The third-order valence-corrected chi connectivity index (χ3v) is 4.56. The summed E-state index contributed by atoms with van der Waals surface area (Å²) in [6.45, 7) is 6.33. The second-order valence-corrected chi connectivity index (χ2v) is 7.88. The number of hydrogen-bond donors (Lipinski definition) is 1. The van der Waals surface area contributed by atoms with Crippen LogP contribution in [-0.2, 0) is 10.2 Å². The fourth-order valence-electron chi connectivity index (χ4n) is 2.86. The van der Waals surface area contributed by atoms with E-state index in [0.29, 0.717) is 16.9 Å². The molecular weight excluding hydrogens is 362 g/mol. The van der Waals surface area contributed by atoms with Gasteiger partial charge in [0, 0.05) is 16.8 Å². The van der Waals surface area contributed by atoms with Gasteiger partial charge >= 0.3 is 0 Å². The number of carbonyl (C=O) groups is 2. The van der Waals surface area contributed by atoms with E-state index in [1.54, 1.807) is 36.4 Å². The minimum atomic E-state index is -0.238. The Morgan fingerprint density at radius 2 is 1.38 bits per heavy atom. The van der Waals surface area contributed by atoms with Crippen molar-refractivity contribution >= 4 is 17.4 Å². The highest BCUT2D eigenvalue weighted by Crippen LogP contribution is 2.23. The van der Waals surface area contributed by atoms with Gasteiger partial charge in [0.25, 0.3) is 5.91 Å². The minimum absolute atomic E-state index is 0.0476. The molecule has 0 unspecified atom stereocenters. The van der Waals surface area contributed by atoms with Crippen LogP contribution in [0.2, 0.25) is 0 Å². The quantitative estimate of drug-likeness (QED) is 0.589. The Kier molecular flexibility index (Phi) is 6.13. The molecule has 0 aliphatic carbocycles. The zero-order valence-corrected chi connectivity index (χ0v) is 16.9. The lowest BCUT2D eigenvalue weighted by molar-refractivity contribution is -0.118. The van der Waals surface area contributed by atoms with Crippen LogP contribution in [0.3, 0.4) is 0 Å². The van der Waals surface area contributed by atoms with Gasteiger partial charge < -0.3 is 10.1 Å². The van der Waals surface area contributed by atoms with Gasteiger partial charge in [-0.2, -0.15) is 0 Å². The largest absolute Gasteiger partial charge is 0.484 e. The molecule has 0 aliphatic heterocycles. The van der Waals surface area contributed by atoms with Gasteiger partial charge in [0.2, 0.25) is 0 Å². The molecule has 0 saturated heterocycles. The molecule has 148 valence electrons. The van der Waals surface area contributed by atoms with Crippen LogP contribution in [0.5, 0.6) is 5.75 Å². The molecule has 0 atom stereocenters. The molecule has 0 bridgehead atoms. The van der Waals surface area contributed by atoms with E-state index in [1.165, 1.54) is 5.56 Å². The number of carbonyl (C=O) groups excluding carboxylic acids is 2. The van der Waals surface area contributed by atoms with Crippen molar-refractivity contribution in [3.05, 3.63) is 95.6 Å². The molecule has 4 heteroatoms. The Hall–Kier alpha value is -3.40. The number of rotatable bonds is 6. The van der Waals surface area contributed by atoms with Crippen molar-refractivity contribution in [1.29, 1.82) is 0 Å². The smallest absolute Gasteiger partial charge is 0.262 e. The highest BCUT2D eigenvalue weighted by atomic mass is 16.5. The van der Waals surface area contributed by atoms with Gasteiger partial charge in [-0.1, -0.05) is 63.2 Å². The molecule has 3 rings (SSSR count). The van der Waals surface area contributed by atoms with E-state index in [2.05, 4.69) is 26.1 Å². The van der Waals surface area contributed by atoms with Crippen LogP contribution in [0.1, 0.15) is 42.3 Å². The van der Waals surface area contributed by atoms with Crippen LogP contribution in [0.25, 0.3) is 0 Å². The van der Waals surface area contributed by atoms with Crippen molar-refractivity contribution in [2.75, 3.05) is 11.9 Å². The molecule has 0 spiro atoms. The van der Waals surface area contributed by atoms with Gasteiger partial charge in [0.1, 0.15) is 5.75 Å². The number of benzene rings is 3. The number of ketones is 1. The lowest BCUT2D eigenvalue weighted by Crippen LogP contribution is -2.20. The highest BCUT2D eigenvalue weighted by Gasteiger charge is 2.13. The number of amides is 1. The second-order valence-electron chi connectivity index (χ2n) is 7.88. The standard InChI is InChI=1S/C25H25NO3/c1-25(2,3)20-11-13-21(14-12-20)26-23(27)17-29-22-15-9-19(10-16-22)24(28)18-7-5-4-6-8-18/h4-16H,17H2,1-3H3,(H,26,27). The molecule has 0 aromatic heterocycles. The monoisotopic (exact) mass is 387 g/mol. The van der Waals surface area contributed by atoms with E-state index in [9.17, 15) is 9.59 Å². The Labute approximate surface area is 171 Å². The Bertz CT molecular complexity index is 969. The summed E-state index contributed by atoms with van der Waals surface area (Å²) in [5.74, 6) is 0.249. The van der Waals surface area contributed by atoms with Crippen LogP contribution in [0, 0.1) is 0 Å². The summed E-state index contributed by atoms with van der Waals surface area (Å²) in [5.41, 5.74) is 3.22. The average Bonchev–Trinajstić information content (AvgIpc) is 2.72. The van der Waals surface area contributed by atoms with Crippen LogP contribution in [0.4, 0.5) is 5.69 Å². The lowest BCUT2D eigenvalue weighted by atomic mass is 9.87. The van der Waals surface area contributed by atoms with Crippen LogP contribution in [0.15, 0.2) is 78.9 Å². The fourth-order valence-corrected chi connectivity index (χ4v) is 2.86. The van der Waals surface area contributed by atoms with Gasteiger partial charge in [0.15, 0.2) is 12.4 Å². The maximum atomic E-state index is 12.4. The molecule has 1 N–H and O–H groups in total. The first kappa shape index (κ1) is 20.3. The molecule has 0 radical (unpaired) electrons. The predicted molar refractivity (Wildman–Crippen MR) is 116 cm³/mol. The first-order valence-corrected chi connectivity index (χ1v) is 9.56. The van der Waals surface area contributed by atoms with Crippen molar-refractivity contribution < 1.29 is 14.3 Å². The van der Waals surface area contributed by atoms with Gasteiger partial charge in [-0.15, -0.1) is 0 Å². The number of nitrogens with one attached hydrogen (secondary N) is 1. The van der Waals surface area contributed by atoms with Crippen LogP contribution in [-0.4, -0.2) is 18.3 Å². The van der Waals surface area contributed by atoms with Gasteiger partial charge in [-0.05, 0) is 47.4 Å². The zero-order valence-electron chi connectivity index (χ0n) is 16.9. The van der Waals surface area contributed by atoms with Gasteiger partial charge in [0.05, 0.1) is 0 Å². The van der Waals surface area contributed by atoms with Crippen molar-refractivity contribution in [2.24, 2.45) is 0 Å². The Balaban J connectivity index is 1.53. The van der Waals surface area contributed by atoms with Crippen molar-refractivity contribution in [3.8, 4) is 5.75 Å². The molecule has 3 aromatic carbocycles. The van der Waals surface area contributed by atoms with Crippen LogP contribution >= 0.6 is 0 Å². The molecule has 0 saturated carbocycles. The summed E-state index contributed by atoms with van der Waals surface area (Å²) in [5, 5.41) is 2.82. The number of hydrogen-bond acceptors (Lipinski definition) is 3. The summed E-state index contributed by atoms with van der Waals surface area (Å²) in [7, 11) is 0. The lowest BCUT2D eigenvalue weighted by Gasteiger charge is -2.19. The molecule has 0 fully saturated rings. The number of ether oxygens (including phenoxy) is 1. The Morgan fingerprint density at radius 1 is 0.793 bits per heavy atom. The SMILES string of the molecule is CC(C)(C)c1ccc(NC(=O)COc2ccc(C(=O)c3ccccc3)cc2)cc1. The van der Waals surface area contributed by atoms with Gasteiger partial charge in [-0.3, -0.25) is 9.59 Å². The first-order valence-electron chi connectivity index (χ1n) is 9.56. The molecule has 1 amide bonds. The fraction of sp³-hybridized carbons (Fsp3) is 0.200. The molecule has 0 aliphatic rings. The maximum Gasteiger partial charge on any atom is 0.262 e. The van der Waals surface area contributed by atoms with E-state index in [1.807, 2.05) is 42.5 Å². The third-order valence-electron chi connectivity index (χ3n) is 4.56. The second kappa shape index (κ2) is 8.74. The topological polar surface area (TPSA) is 55.4 Å². The number of anilines is 1. The summed E-state index contributed by atoms with van der Waals surface area (Å²) in [4.78, 5) is 24.5. The van der Waals surface area contributed by atoms with Gasteiger partial charge in [-0.25, -0.2) is 0 Å². The van der Waals surface area contributed by atoms with Crippen molar-refractivity contribution in [1.82, 2.24) is 0 Å². The van der Waals surface area contributed by atoms with E-state index in [4.69, 9.17) is 4.74 Å².